The molecule has 16 heavy (non-hydrogen) atoms. The summed E-state index contributed by atoms with van der Waals surface area (Å²) in [5.41, 5.74) is 3.22. The predicted octanol–water partition coefficient (Wildman–Crippen LogP) is 5.59. The minimum atomic E-state index is 1.03. The molecule has 0 bridgehead atoms. The van der Waals surface area contributed by atoms with E-state index in [1.54, 1.807) is 0 Å². The number of hydrogen-bond acceptors (Lipinski definition) is 0. The molecule has 0 aliphatic carbocycles. The van der Waals surface area contributed by atoms with Crippen LogP contribution < -0.4 is 0 Å². The van der Waals surface area contributed by atoms with Gasteiger partial charge in [-0.1, -0.05) is 50.6 Å². The summed E-state index contributed by atoms with van der Waals surface area (Å²) in [6.07, 6.45) is 10.6. The Balaban J connectivity index is 3.45. The van der Waals surface area contributed by atoms with E-state index >= 15 is 0 Å². The molecule has 0 fully saturated rings. The first-order valence-electron chi connectivity index (χ1n) is 6.23. The molecule has 0 aromatic heterocycles. The number of rotatable bonds is 10. The summed E-state index contributed by atoms with van der Waals surface area (Å²) >= 11 is 0. The van der Waals surface area contributed by atoms with E-state index in [0.29, 0.717) is 0 Å². The van der Waals surface area contributed by atoms with Crippen LogP contribution in [0.2, 0.25) is 0 Å². The molecule has 0 nitrogen and oxygen atoms in total. The van der Waals surface area contributed by atoms with Gasteiger partial charge in [0.2, 0.25) is 0 Å². The Morgan fingerprint density at radius 2 is 1.50 bits per heavy atom. The van der Waals surface area contributed by atoms with E-state index in [2.05, 4.69) is 26.3 Å². The molecule has 0 heteroatoms. The zero-order valence-corrected chi connectivity index (χ0v) is 10.9. The van der Waals surface area contributed by atoms with Crippen molar-refractivity contribution in [3.8, 4) is 0 Å². The molecule has 0 unspecified atom stereocenters. The molecular formula is C16H26. The Hall–Kier alpha value is -1.04. The van der Waals surface area contributed by atoms with Gasteiger partial charge in [-0.3, -0.25) is 0 Å². The van der Waals surface area contributed by atoms with Crippen molar-refractivity contribution in [2.45, 2.75) is 51.9 Å². The minimum Gasteiger partial charge on any atom is -0.103 e. The molecule has 0 saturated carbocycles. The molecule has 0 N–H and O–H groups in total. The van der Waals surface area contributed by atoms with Crippen molar-refractivity contribution >= 4 is 0 Å². The molecule has 0 aliphatic rings. The van der Waals surface area contributed by atoms with Crippen molar-refractivity contribution in [3.63, 3.8) is 0 Å². The lowest BCUT2D eigenvalue weighted by atomic mass is 9.98. The van der Waals surface area contributed by atoms with Gasteiger partial charge in [-0.15, -0.1) is 6.58 Å². The van der Waals surface area contributed by atoms with Crippen molar-refractivity contribution in [2.75, 3.05) is 0 Å². The van der Waals surface area contributed by atoms with Gasteiger partial charge in [0, 0.05) is 0 Å². The fourth-order valence-electron chi connectivity index (χ4n) is 1.61. The van der Waals surface area contributed by atoms with Gasteiger partial charge < -0.3 is 0 Å². The first-order valence-corrected chi connectivity index (χ1v) is 6.23. The van der Waals surface area contributed by atoms with Crippen LogP contribution in [0, 0.1) is 0 Å². The second-order valence-electron chi connectivity index (χ2n) is 4.46. The van der Waals surface area contributed by atoms with Gasteiger partial charge in [-0.2, -0.15) is 0 Å². The summed E-state index contributed by atoms with van der Waals surface area (Å²) in [4.78, 5) is 0. The van der Waals surface area contributed by atoms with Gasteiger partial charge in [0.15, 0.2) is 0 Å². The average Bonchev–Trinajstić information content (AvgIpc) is 2.26. The van der Waals surface area contributed by atoms with Crippen molar-refractivity contribution in [2.24, 2.45) is 0 Å². The molecule has 0 rings (SSSR count). The first-order chi connectivity index (χ1) is 7.59. The lowest BCUT2D eigenvalue weighted by Gasteiger charge is -2.08. The summed E-state index contributed by atoms with van der Waals surface area (Å²) < 4.78 is 0. The summed E-state index contributed by atoms with van der Waals surface area (Å²) in [6, 6.07) is 0. The third-order valence-corrected chi connectivity index (χ3v) is 2.83. The van der Waals surface area contributed by atoms with Gasteiger partial charge in [-0.05, 0) is 43.8 Å². The lowest BCUT2D eigenvalue weighted by molar-refractivity contribution is 0.618. The lowest BCUT2D eigenvalue weighted by Crippen LogP contribution is -1.89. The first kappa shape index (κ1) is 15.0. The highest BCUT2D eigenvalue weighted by molar-refractivity contribution is 5.40. The number of unbranched alkanes of at least 4 members (excludes halogenated alkanes) is 5. The van der Waals surface area contributed by atoms with Crippen LogP contribution in [-0.4, -0.2) is 0 Å². The van der Waals surface area contributed by atoms with Gasteiger partial charge in [0.1, 0.15) is 0 Å². The van der Waals surface area contributed by atoms with Crippen LogP contribution in [0.5, 0.6) is 0 Å². The van der Waals surface area contributed by atoms with Crippen LogP contribution in [0.4, 0.5) is 0 Å². The summed E-state index contributed by atoms with van der Waals surface area (Å²) in [5.74, 6) is 0. The van der Waals surface area contributed by atoms with Crippen molar-refractivity contribution in [1.29, 1.82) is 0 Å². The second kappa shape index (κ2) is 9.21. The Labute approximate surface area is 101 Å². The molecule has 0 aliphatic heterocycles. The normalized spacial score (nSPS) is 9.81. The van der Waals surface area contributed by atoms with E-state index < -0.39 is 0 Å². The third-order valence-electron chi connectivity index (χ3n) is 2.83. The van der Waals surface area contributed by atoms with Crippen LogP contribution >= 0.6 is 0 Å². The van der Waals surface area contributed by atoms with Gasteiger partial charge in [-0.25, -0.2) is 0 Å². The van der Waals surface area contributed by atoms with E-state index in [0.717, 1.165) is 29.6 Å². The SMILES string of the molecule is C=CCCCCCCCC(=C)C(=C)C(=C)C. The Bertz CT molecular complexity index is 255. The molecule has 0 spiro atoms. The highest BCUT2D eigenvalue weighted by Gasteiger charge is 2.00. The standard InChI is InChI=1S/C16H26/c1-6-7-8-9-10-11-12-13-15(4)16(5)14(2)3/h6H,1-2,4-5,7-13H2,3H3. The summed E-state index contributed by atoms with van der Waals surface area (Å²) in [7, 11) is 0. The summed E-state index contributed by atoms with van der Waals surface area (Å²) in [5, 5.41) is 0. The van der Waals surface area contributed by atoms with Crippen LogP contribution in [0.3, 0.4) is 0 Å². The monoisotopic (exact) mass is 218 g/mol. The Morgan fingerprint density at radius 3 is 2.06 bits per heavy atom. The number of allylic oxidation sites excluding steroid dienone is 4. The number of hydrogen-bond donors (Lipinski definition) is 0. The molecule has 0 radical (unpaired) electrons. The maximum atomic E-state index is 4.05. The largest absolute Gasteiger partial charge is 0.103 e. The van der Waals surface area contributed by atoms with Crippen LogP contribution in [0.1, 0.15) is 51.9 Å². The van der Waals surface area contributed by atoms with E-state index in [-0.39, 0.29) is 0 Å². The van der Waals surface area contributed by atoms with Gasteiger partial charge in [0.05, 0.1) is 0 Å². The molecule has 0 amide bonds. The van der Waals surface area contributed by atoms with Crippen molar-refractivity contribution in [1.82, 2.24) is 0 Å². The van der Waals surface area contributed by atoms with E-state index in [1.165, 1.54) is 32.1 Å². The zero-order valence-electron chi connectivity index (χ0n) is 10.9. The molecule has 0 saturated heterocycles. The van der Waals surface area contributed by atoms with Crippen molar-refractivity contribution < 1.29 is 0 Å². The van der Waals surface area contributed by atoms with Crippen LogP contribution in [0.25, 0.3) is 0 Å². The van der Waals surface area contributed by atoms with Crippen LogP contribution in [-0.2, 0) is 0 Å². The Kier molecular flexibility index (Phi) is 8.61. The highest BCUT2D eigenvalue weighted by atomic mass is 14.1. The van der Waals surface area contributed by atoms with Crippen molar-refractivity contribution in [3.05, 3.63) is 49.1 Å². The fourth-order valence-corrected chi connectivity index (χ4v) is 1.61. The molecule has 0 aromatic rings. The fraction of sp³-hybridized carbons (Fsp3) is 0.500. The Morgan fingerprint density at radius 1 is 0.938 bits per heavy atom. The molecule has 90 valence electrons. The topological polar surface area (TPSA) is 0 Å². The van der Waals surface area contributed by atoms with E-state index in [9.17, 15) is 0 Å². The third kappa shape index (κ3) is 7.28. The zero-order chi connectivity index (χ0) is 12.4. The van der Waals surface area contributed by atoms with Crippen LogP contribution in [0.15, 0.2) is 49.1 Å². The van der Waals surface area contributed by atoms with Gasteiger partial charge in [0.25, 0.3) is 0 Å². The highest BCUT2D eigenvalue weighted by Crippen LogP contribution is 2.20. The minimum absolute atomic E-state index is 1.03. The molecule has 0 heterocycles. The molecule has 0 aromatic carbocycles. The van der Waals surface area contributed by atoms with E-state index in [4.69, 9.17) is 0 Å². The average molecular weight is 218 g/mol. The maximum Gasteiger partial charge on any atom is -0.0279 e. The van der Waals surface area contributed by atoms with E-state index in [1.807, 2.05) is 13.0 Å². The summed E-state index contributed by atoms with van der Waals surface area (Å²) in [6.45, 7) is 17.6. The maximum absolute atomic E-state index is 4.05. The second-order valence-corrected chi connectivity index (χ2v) is 4.46. The molecule has 0 atom stereocenters. The quantitative estimate of drug-likeness (QED) is 0.255. The molecular weight excluding hydrogens is 192 g/mol. The van der Waals surface area contributed by atoms with Gasteiger partial charge >= 0.3 is 0 Å². The smallest absolute Gasteiger partial charge is 0.0279 e. The predicted molar refractivity (Wildman–Crippen MR) is 75.6 cm³/mol.